The minimum atomic E-state index is 0.0212. The highest BCUT2D eigenvalue weighted by Gasteiger charge is 2.36. The van der Waals surface area contributed by atoms with Gasteiger partial charge < -0.3 is 9.42 Å². The van der Waals surface area contributed by atoms with Crippen molar-refractivity contribution in [3.63, 3.8) is 0 Å². The van der Waals surface area contributed by atoms with Gasteiger partial charge in [-0.25, -0.2) is 0 Å². The van der Waals surface area contributed by atoms with Crippen LogP contribution in [0.3, 0.4) is 0 Å². The Kier molecular flexibility index (Phi) is 4.37. The molecule has 0 bridgehead atoms. The zero-order chi connectivity index (χ0) is 19.6. The van der Waals surface area contributed by atoms with Crippen molar-refractivity contribution in [2.45, 2.75) is 5.92 Å². The van der Waals surface area contributed by atoms with Crippen LogP contribution in [0.25, 0.3) is 22.5 Å². The molecule has 1 aliphatic heterocycles. The molecule has 1 fully saturated rings. The normalized spacial score (nSPS) is 13.9. The molecule has 3 heterocycles. The largest absolute Gasteiger partial charge is 0.339 e. The van der Waals surface area contributed by atoms with Gasteiger partial charge in [0.1, 0.15) is 0 Å². The standard InChI is InChI=1S/C23H18N4O2/c28-23(18-10-8-17(9-11-18)16-5-2-1-3-6-16)27-14-20(15-27)22-25-21(26-29-22)19-7-4-12-24-13-19/h1-13,20H,14-15H2. The van der Waals surface area contributed by atoms with E-state index in [1.807, 2.05) is 54.6 Å². The molecule has 0 saturated carbocycles. The van der Waals surface area contributed by atoms with Crippen LogP contribution in [0.15, 0.2) is 83.6 Å². The monoisotopic (exact) mass is 382 g/mol. The summed E-state index contributed by atoms with van der Waals surface area (Å²) in [6.07, 6.45) is 3.40. The number of likely N-dealkylation sites (tertiary alicyclic amines) is 1. The van der Waals surface area contributed by atoms with Crippen molar-refractivity contribution in [2.24, 2.45) is 0 Å². The summed E-state index contributed by atoms with van der Waals surface area (Å²) in [4.78, 5) is 23.1. The van der Waals surface area contributed by atoms with E-state index in [4.69, 9.17) is 4.52 Å². The van der Waals surface area contributed by atoms with Crippen molar-refractivity contribution >= 4 is 5.91 Å². The maximum atomic E-state index is 12.7. The van der Waals surface area contributed by atoms with E-state index in [2.05, 4.69) is 27.3 Å². The average molecular weight is 382 g/mol. The molecule has 4 aromatic rings. The summed E-state index contributed by atoms with van der Waals surface area (Å²) in [5, 5.41) is 4.03. The number of hydrogen-bond acceptors (Lipinski definition) is 5. The Balaban J connectivity index is 1.23. The molecule has 1 saturated heterocycles. The maximum Gasteiger partial charge on any atom is 0.253 e. The summed E-state index contributed by atoms with van der Waals surface area (Å²) in [5.74, 6) is 1.18. The molecule has 6 heteroatoms. The van der Waals surface area contributed by atoms with Crippen LogP contribution >= 0.6 is 0 Å². The van der Waals surface area contributed by atoms with Crippen LogP contribution in [0.5, 0.6) is 0 Å². The number of benzene rings is 2. The lowest BCUT2D eigenvalue weighted by Gasteiger charge is -2.37. The van der Waals surface area contributed by atoms with E-state index < -0.39 is 0 Å². The number of pyridine rings is 1. The minimum absolute atomic E-state index is 0.0212. The van der Waals surface area contributed by atoms with Gasteiger partial charge in [-0.2, -0.15) is 4.98 Å². The Morgan fingerprint density at radius 3 is 2.34 bits per heavy atom. The molecule has 2 aromatic carbocycles. The fraction of sp³-hybridized carbons (Fsp3) is 0.130. The van der Waals surface area contributed by atoms with Crippen LogP contribution < -0.4 is 0 Å². The van der Waals surface area contributed by atoms with E-state index in [9.17, 15) is 4.79 Å². The average Bonchev–Trinajstić information content (AvgIpc) is 3.24. The van der Waals surface area contributed by atoms with Crippen LogP contribution in [-0.4, -0.2) is 39.0 Å². The smallest absolute Gasteiger partial charge is 0.253 e. The van der Waals surface area contributed by atoms with Gasteiger partial charge >= 0.3 is 0 Å². The highest BCUT2D eigenvalue weighted by Crippen LogP contribution is 2.29. The number of hydrogen-bond donors (Lipinski definition) is 0. The molecule has 5 rings (SSSR count). The Morgan fingerprint density at radius 2 is 1.62 bits per heavy atom. The molecule has 1 aliphatic rings. The topological polar surface area (TPSA) is 72.1 Å². The van der Waals surface area contributed by atoms with E-state index in [0.29, 0.717) is 30.4 Å². The van der Waals surface area contributed by atoms with E-state index >= 15 is 0 Å². The van der Waals surface area contributed by atoms with Crippen molar-refractivity contribution in [3.05, 3.63) is 90.6 Å². The number of amides is 1. The van der Waals surface area contributed by atoms with Crippen molar-refractivity contribution in [1.82, 2.24) is 20.0 Å². The predicted molar refractivity (Wildman–Crippen MR) is 108 cm³/mol. The van der Waals surface area contributed by atoms with Gasteiger partial charge in [0.25, 0.3) is 5.91 Å². The molecule has 0 radical (unpaired) electrons. The summed E-state index contributed by atoms with van der Waals surface area (Å²) >= 11 is 0. The third kappa shape index (κ3) is 3.40. The third-order valence-corrected chi connectivity index (χ3v) is 5.12. The molecular formula is C23H18N4O2. The maximum absolute atomic E-state index is 12.7. The molecule has 2 aromatic heterocycles. The summed E-state index contributed by atoms with van der Waals surface area (Å²) in [6.45, 7) is 1.15. The summed E-state index contributed by atoms with van der Waals surface area (Å²) in [6, 6.07) is 21.6. The molecule has 6 nitrogen and oxygen atoms in total. The Bertz CT molecular complexity index is 1120. The van der Waals surface area contributed by atoms with Crippen LogP contribution in [0, 0.1) is 0 Å². The second-order valence-electron chi connectivity index (χ2n) is 7.05. The number of aromatic nitrogens is 3. The molecule has 0 spiro atoms. The van der Waals surface area contributed by atoms with E-state index in [1.54, 1.807) is 17.3 Å². The van der Waals surface area contributed by atoms with Gasteiger partial charge in [0.2, 0.25) is 11.7 Å². The summed E-state index contributed by atoms with van der Waals surface area (Å²) in [5.41, 5.74) is 3.73. The van der Waals surface area contributed by atoms with Gasteiger partial charge in [0, 0.05) is 36.6 Å². The molecule has 0 atom stereocenters. The lowest BCUT2D eigenvalue weighted by atomic mass is 9.98. The molecule has 142 valence electrons. The molecule has 29 heavy (non-hydrogen) atoms. The highest BCUT2D eigenvalue weighted by atomic mass is 16.5. The van der Waals surface area contributed by atoms with Gasteiger partial charge in [-0.1, -0.05) is 47.6 Å². The van der Waals surface area contributed by atoms with E-state index in [0.717, 1.165) is 16.7 Å². The SMILES string of the molecule is O=C(c1ccc(-c2ccccc2)cc1)N1CC(c2nc(-c3cccnc3)no2)C1. The van der Waals surface area contributed by atoms with Crippen molar-refractivity contribution in [1.29, 1.82) is 0 Å². The zero-order valence-corrected chi connectivity index (χ0v) is 15.6. The van der Waals surface area contributed by atoms with Crippen molar-refractivity contribution in [2.75, 3.05) is 13.1 Å². The number of rotatable bonds is 4. The lowest BCUT2D eigenvalue weighted by molar-refractivity contribution is 0.0569. The van der Waals surface area contributed by atoms with Gasteiger partial charge in [-0.05, 0) is 35.4 Å². The van der Waals surface area contributed by atoms with Gasteiger partial charge in [0.15, 0.2) is 0 Å². The fourth-order valence-corrected chi connectivity index (χ4v) is 3.43. The third-order valence-electron chi connectivity index (χ3n) is 5.12. The second kappa shape index (κ2) is 7.31. The summed E-state index contributed by atoms with van der Waals surface area (Å²) in [7, 11) is 0. The molecule has 0 unspecified atom stereocenters. The first kappa shape index (κ1) is 17.3. The molecule has 0 N–H and O–H groups in total. The zero-order valence-electron chi connectivity index (χ0n) is 15.6. The van der Waals surface area contributed by atoms with E-state index in [1.165, 1.54) is 0 Å². The molecule has 0 aliphatic carbocycles. The quantitative estimate of drug-likeness (QED) is 0.533. The van der Waals surface area contributed by atoms with Gasteiger partial charge in [-0.15, -0.1) is 0 Å². The molecule has 1 amide bonds. The molecular weight excluding hydrogens is 364 g/mol. The first-order valence-corrected chi connectivity index (χ1v) is 9.47. The predicted octanol–water partition coefficient (Wildman–Crippen LogP) is 4.04. The number of carbonyl (C=O) groups is 1. The van der Waals surface area contributed by atoms with Crippen LogP contribution in [-0.2, 0) is 0 Å². The van der Waals surface area contributed by atoms with E-state index in [-0.39, 0.29) is 11.8 Å². The van der Waals surface area contributed by atoms with Crippen LogP contribution in [0.2, 0.25) is 0 Å². The van der Waals surface area contributed by atoms with Gasteiger partial charge in [-0.3, -0.25) is 9.78 Å². The first-order valence-electron chi connectivity index (χ1n) is 9.47. The number of nitrogens with zero attached hydrogens (tertiary/aromatic N) is 4. The second-order valence-corrected chi connectivity index (χ2v) is 7.05. The lowest BCUT2D eigenvalue weighted by Crippen LogP contribution is -2.48. The minimum Gasteiger partial charge on any atom is -0.339 e. The van der Waals surface area contributed by atoms with Gasteiger partial charge in [0.05, 0.1) is 5.92 Å². The van der Waals surface area contributed by atoms with Crippen LogP contribution in [0.4, 0.5) is 0 Å². The number of carbonyl (C=O) groups excluding carboxylic acids is 1. The highest BCUT2D eigenvalue weighted by molar-refractivity contribution is 5.95. The Labute approximate surface area is 167 Å². The first-order chi connectivity index (χ1) is 14.3. The van der Waals surface area contributed by atoms with Crippen molar-refractivity contribution < 1.29 is 9.32 Å². The van der Waals surface area contributed by atoms with Crippen LogP contribution in [0.1, 0.15) is 22.2 Å². The van der Waals surface area contributed by atoms with Crippen molar-refractivity contribution in [3.8, 4) is 22.5 Å². The Hall–Kier alpha value is -3.80. The Morgan fingerprint density at radius 1 is 0.897 bits per heavy atom. The fourth-order valence-electron chi connectivity index (χ4n) is 3.43. The summed E-state index contributed by atoms with van der Waals surface area (Å²) < 4.78 is 5.39.